The van der Waals surface area contributed by atoms with Crippen molar-refractivity contribution in [1.29, 1.82) is 0 Å². The summed E-state index contributed by atoms with van der Waals surface area (Å²) in [4.78, 5) is 25.6. The second-order valence-electron chi connectivity index (χ2n) is 5.24. The van der Waals surface area contributed by atoms with Crippen molar-refractivity contribution >= 4 is 40.8 Å². The van der Waals surface area contributed by atoms with Crippen molar-refractivity contribution in [3.63, 3.8) is 0 Å². The molecular formula is C18H17FN6OS. The lowest BCUT2D eigenvalue weighted by Crippen LogP contribution is -2.19. The van der Waals surface area contributed by atoms with Crippen LogP contribution in [0.4, 0.5) is 27.5 Å². The molecule has 3 aromatic heterocycles. The highest BCUT2D eigenvalue weighted by Crippen LogP contribution is 2.29. The molecule has 0 fully saturated rings. The van der Waals surface area contributed by atoms with Crippen LogP contribution >= 0.6 is 11.8 Å². The summed E-state index contributed by atoms with van der Waals surface area (Å²) in [6, 6.07) is 7.82. The molecule has 0 atom stereocenters. The molecular weight excluding hydrogens is 367 g/mol. The molecule has 138 valence electrons. The maximum absolute atomic E-state index is 13.1. The predicted octanol–water partition coefficient (Wildman–Crippen LogP) is 3.58. The van der Waals surface area contributed by atoms with Crippen molar-refractivity contribution in [2.75, 3.05) is 23.9 Å². The lowest BCUT2D eigenvalue weighted by Gasteiger charge is -2.14. The Morgan fingerprint density at radius 3 is 2.74 bits per heavy atom. The SMILES string of the molecule is [2H]C([2H])([2H])NC(=O)c1cnc(Nc2ccc(F)cn2)cc1Nc1ncccc1SC. The smallest absolute Gasteiger partial charge is 0.254 e. The maximum Gasteiger partial charge on any atom is 0.254 e. The van der Waals surface area contributed by atoms with Crippen LogP contribution in [0.2, 0.25) is 0 Å². The van der Waals surface area contributed by atoms with Gasteiger partial charge >= 0.3 is 0 Å². The second kappa shape index (κ2) is 8.45. The summed E-state index contributed by atoms with van der Waals surface area (Å²) >= 11 is 1.45. The molecule has 9 heteroatoms. The first-order chi connectivity index (χ1) is 14.2. The number of anilines is 4. The van der Waals surface area contributed by atoms with Crippen LogP contribution in [0.25, 0.3) is 0 Å². The first-order valence-electron chi connectivity index (χ1n) is 9.22. The highest BCUT2D eigenvalue weighted by molar-refractivity contribution is 7.98. The van der Waals surface area contributed by atoms with Crippen LogP contribution < -0.4 is 16.0 Å². The highest BCUT2D eigenvalue weighted by Gasteiger charge is 2.14. The summed E-state index contributed by atoms with van der Waals surface area (Å²) in [5.74, 6) is -0.156. The third kappa shape index (κ3) is 4.50. The molecule has 0 aliphatic rings. The van der Waals surface area contributed by atoms with Gasteiger partial charge < -0.3 is 16.0 Å². The molecule has 0 aliphatic carbocycles. The minimum atomic E-state index is -2.65. The Morgan fingerprint density at radius 2 is 2.00 bits per heavy atom. The van der Waals surface area contributed by atoms with Crippen LogP contribution in [0.3, 0.4) is 0 Å². The zero-order valence-corrected chi connectivity index (χ0v) is 15.0. The number of hydrogen-bond acceptors (Lipinski definition) is 7. The van der Waals surface area contributed by atoms with Gasteiger partial charge in [-0.3, -0.25) is 4.79 Å². The molecule has 0 saturated carbocycles. The molecule has 7 nitrogen and oxygen atoms in total. The van der Waals surface area contributed by atoms with Crippen LogP contribution in [-0.2, 0) is 0 Å². The number of carbonyl (C=O) groups excluding carboxylic acids is 1. The number of thioether (sulfide) groups is 1. The quantitative estimate of drug-likeness (QED) is 0.557. The van der Waals surface area contributed by atoms with Gasteiger partial charge in [-0.1, -0.05) is 0 Å². The molecule has 0 unspecified atom stereocenters. The summed E-state index contributed by atoms with van der Waals surface area (Å²) in [6.07, 6.45) is 5.76. The van der Waals surface area contributed by atoms with Gasteiger partial charge in [0.1, 0.15) is 23.3 Å². The number of nitrogens with one attached hydrogen (secondary N) is 3. The van der Waals surface area contributed by atoms with Crippen LogP contribution in [-0.4, -0.2) is 34.1 Å². The molecule has 0 aliphatic heterocycles. The van der Waals surface area contributed by atoms with Gasteiger partial charge in [0.15, 0.2) is 0 Å². The van der Waals surface area contributed by atoms with Gasteiger partial charge in [-0.25, -0.2) is 19.3 Å². The van der Waals surface area contributed by atoms with Crippen molar-refractivity contribution in [2.45, 2.75) is 4.90 Å². The Morgan fingerprint density at radius 1 is 1.15 bits per heavy atom. The van der Waals surface area contributed by atoms with Gasteiger partial charge in [-0.05, 0) is 30.5 Å². The van der Waals surface area contributed by atoms with E-state index in [2.05, 4.69) is 25.6 Å². The van der Waals surface area contributed by atoms with Crippen LogP contribution in [0, 0.1) is 5.82 Å². The average Bonchev–Trinajstić information content (AvgIpc) is 2.69. The number of carbonyl (C=O) groups is 1. The largest absolute Gasteiger partial charge is 0.355 e. The lowest BCUT2D eigenvalue weighted by molar-refractivity contribution is 0.0963. The van der Waals surface area contributed by atoms with E-state index in [1.807, 2.05) is 17.6 Å². The molecule has 27 heavy (non-hydrogen) atoms. The molecule has 3 aromatic rings. The van der Waals surface area contributed by atoms with E-state index in [9.17, 15) is 9.18 Å². The van der Waals surface area contributed by atoms with Gasteiger partial charge in [-0.2, -0.15) is 0 Å². The number of hydrogen-bond donors (Lipinski definition) is 3. The highest BCUT2D eigenvalue weighted by atomic mass is 32.2. The minimum Gasteiger partial charge on any atom is -0.355 e. The van der Waals surface area contributed by atoms with E-state index in [0.29, 0.717) is 17.5 Å². The van der Waals surface area contributed by atoms with E-state index in [-0.39, 0.29) is 11.3 Å². The van der Waals surface area contributed by atoms with Crippen LogP contribution in [0.15, 0.2) is 53.8 Å². The summed E-state index contributed by atoms with van der Waals surface area (Å²) < 4.78 is 34.9. The van der Waals surface area contributed by atoms with E-state index in [1.54, 1.807) is 12.3 Å². The summed E-state index contributed by atoms with van der Waals surface area (Å²) in [7, 11) is 0. The Hall–Kier alpha value is -3.20. The Balaban J connectivity index is 1.97. The molecule has 0 saturated heterocycles. The third-order valence-corrected chi connectivity index (χ3v) is 4.26. The number of nitrogens with zero attached hydrogens (tertiary/aromatic N) is 3. The maximum atomic E-state index is 13.1. The molecule has 3 N–H and O–H groups in total. The van der Waals surface area contributed by atoms with E-state index >= 15 is 0 Å². The van der Waals surface area contributed by atoms with Gasteiger partial charge in [-0.15, -0.1) is 11.8 Å². The molecule has 0 radical (unpaired) electrons. The number of aromatic nitrogens is 3. The Labute approximate surface area is 164 Å². The van der Waals surface area contributed by atoms with Crippen molar-refractivity contribution < 1.29 is 13.3 Å². The minimum absolute atomic E-state index is 0.0152. The molecule has 0 aromatic carbocycles. The van der Waals surface area contributed by atoms with Crippen LogP contribution in [0.5, 0.6) is 0 Å². The van der Waals surface area contributed by atoms with Crippen molar-refractivity contribution in [3.05, 3.63) is 60.3 Å². The monoisotopic (exact) mass is 387 g/mol. The fourth-order valence-corrected chi connectivity index (χ4v) is 2.74. The molecule has 1 amide bonds. The first-order valence-corrected chi connectivity index (χ1v) is 8.95. The van der Waals surface area contributed by atoms with Crippen molar-refractivity contribution in [3.8, 4) is 0 Å². The molecule has 3 rings (SSSR count). The van der Waals surface area contributed by atoms with E-state index in [4.69, 9.17) is 4.11 Å². The zero-order chi connectivity index (χ0) is 21.7. The fourth-order valence-electron chi connectivity index (χ4n) is 2.23. The van der Waals surface area contributed by atoms with Gasteiger partial charge in [0.25, 0.3) is 5.91 Å². The normalized spacial score (nSPS) is 12.4. The summed E-state index contributed by atoms with van der Waals surface area (Å²) in [5.41, 5.74) is 0.298. The third-order valence-electron chi connectivity index (χ3n) is 3.49. The zero-order valence-electron chi connectivity index (χ0n) is 17.2. The Bertz CT molecular complexity index is 1050. The second-order valence-corrected chi connectivity index (χ2v) is 6.08. The molecule has 3 heterocycles. The number of amides is 1. The van der Waals surface area contributed by atoms with Crippen LogP contribution in [0.1, 0.15) is 14.5 Å². The predicted molar refractivity (Wildman–Crippen MR) is 104 cm³/mol. The van der Waals surface area contributed by atoms with E-state index in [0.717, 1.165) is 11.1 Å². The topological polar surface area (TPSA) is 91.8 Å². The summed E-state index contributed by atoms with van der Waals surface area (Å²) in [6.45, 7) is -2.65. The average molecular weight is 387 g/mol. The van der Waals surface area contributed by atoms with Gasteiger partial charge in [0.05, 0.1) is 17.4 Å². The number of pyridine rings is 3. The first kappa shape index (κ1) is 14.9. The Kier molecular flexibility index (Phi) is 4.67. The van der Waals surface area contributed by atoms with E-state index < -0.39 is 18.7 Å². The van der Waals surface area contributed by atoms with Crippen molar-refractivity contribution in [2.24, 2.45) is 0 Å². The standard InChI is InChI=1S/C18H17FN6OS/c1-20-18(26)12-10-23-16(25-15-6-5-11(19)9-22-15)8-13(12)24-17-14(27-2)4-3-7-21-17/h3-10H,1-2H3,(H,20,26)(H2,21,22,23,24,25)/i1D3. The number of rotatable bonds is 6. The van der Waals surface area contributed by atoms with Gasteiger partial charge in [0, 0.05) is 34.4 Å². The van der Waals surface area contributed by atoms with Gasteiger partial charge in [0.2, 0.25) is 0 Å². The molecule has 0 spiro atoms. The molecule has 0 bridgehead atoms. The summed E-state index contributed by atoms with van der Waals surface area (Å²) in [5, 5.41) is 7.91. The van der Waals surface area contributed by atoms with Crippen molar-refractivity contribution in [1.82, 2.24) is 20.3 Å². The fraction of sp³-hybridized carbons (Fsp3) is 0.111. The lowest BCUT2D eigenvalue weighted by atomic mass is 10.2. The number of halogens is 1. The van der Waals surface area contributed by atoms with E-state index in [1.165, 1.54) is 36.2 Å².